The summed E-state index contributed by atoms with van der Waals surface area (Å²) in [6.07, 6.45) is 0.880. The number of carbonyl (C=O) groups is 2. The van der Waals surface area contributed by atoms with Crippen LogP contribution in [0.3, 0.4) is 0 Å². The van der Waals surface area contributed by atoms with Crippen LogP contribution in [-0.2, 0) is 20.9 Å². The number of thiocarbonyl (C=S) groups is 2. The van der Waals surface area contributed by atoms with E-state index < -0.39 is 18.2 Å². The lowest BCUT2D eigenvalue weighted by molar-refractivity contribution is -0.143. The minimum absolute atomic E-state index is 0.137. The van der Waals surface area contributed by atoms with E-state index in [9.17, 15) is 9.59 Å². The van der Waals surface area contributed by atoms with Gasteiger partial charge < -0.3 is 25.4 Å². The summed E-state index contributed by atoms with van der Waals surface area (Å²) in [4.78, 5) is 25.3. The van der Waals surface area contributed by atoms with Gasteiger partial charge in [0.05, 0.1) is 29.2 Å². The van der Waals surface area contributed by atoms with Crippen molar-refractivity contribution in [3.8, 4) is 0 Å². The van der Waals surface area contributed by atoms with Crippen molar-refractivity contribution in [1.29, 1.82) is 0 Å². The maximum atomic E-state index is 12.2. The van der Waals surface area contributed by atoms with Crippen molar-refractivity contribution in [3.63, 3.8) is 0 Å². The van der Waals surface area contributed by atoms with Gasteiger partial charge in [-0.15, -0.1) is 0 Å². The van der Waals surface area contributed by atoms with Crippen LogP contribution < -0.4 is 16.0 Å². The van der Waals surface area contributed by atoms with Gasteiger partial charge >= 0.3 is 12.1 Å². The Balaban J connectivity index is 2.73. The second-order valence-electron chi connectivity index (χ2n) is 8.51. The Morgan fingerprint density at radius 2 is 1.61 bits per heavy atom. The topological polar surface area (TPSA) is 88.7 Å². The molecule has 0 aliphatic rings. The monoisotopic (exact) mass is 495 g/mol. The highest BCUT2D eigenvalue weighted by atomic mass is 32.1. The minimum Gasteiger partial charge on any atom is -0.467 e. The lowest BCUT2D eigenvalue weighted by atomic mass is 9.97. The first kappa shape index (κ1) is 28.8. The molecule has 0 aliphatic carbocycles. The standard InChI is InChI=1S/C24H37N3O4S2/c1-7-16(4)20(22(33)26-19(13-15(2)3)23(28)30-6)27-21(32)17(5)25-24(29)31-14-18-11-9-8-10-12-18/h8-12,15-17,19-20H,7,13-14H2,1-6H3,(H,25,29)(H,26,33)(H,27,32)/t16?,17-,19-,20-/m0/s1. The van der Waals surface area contributed by atoms with Gasteiger partial charge in [0.15, 0.2) is 0 Å². The number of benzene rings is 1. The van der Waals surface area contributed by atoms with E-state index in [0.29, 0.717) is 16.4 Å². The first-order chi connectivity index (χ1) is 15.6. The number of amides is 1. The molecule has 1 rings (SSSR count). The second-order valence-corrected chi connectivity index (χ2v) is 9.39. The van der Waals surface area contributed by atoms with Crippen LogP contribution in [0.25, 0.3) is 0 Å². The molecule has 1 unspecified atom stereocenters. The van der Waals surface area contributed by atoms with Crippen LogP contribution in [0.5, 0.6) is 0 Å². The molecule has 0 radical (unpaired) electrons. The molecular weight excluding hydrogens is 458 g/mol. The first-order valence-electron chi connectivity index (χ1n) is 11.2. The number of hydrogen-bond donors (Lipinski definition) is 3. The minimum atomic E-state index is -0.556. The van der Waals surface area contributed by atoms with Gasteiger partial charge in [-0.05, 0) is 30.7 Å². The van der Waals surface area contributed by atoms with E-state index in [1.54, 1.807) is 6.92 Å². The van der Waals surface area contributed by atoms with Gasteiger partial charge in [0.1, 0.15) is 12.6 Å². The third-order valence-corrected chi connectivity index (χ3v) is 6.09. The normalized spacial score (nSPS) is 14.4. The molecule has 1 aromatic rings. The Morgan fingerprint density at radius 1 is 0.970 bits per heavy atom. The van der Waals surface area contributed by atoms with Crippen molar-refractivity contribution in [2.45, 2.75) is 72.2 Å². The smallest absolute Gasteiger partial charge is 0.408 e. The van der Waals surface area contributed by atoms with Crippen molar-refractivity contribution in [3.05, 3.63) is 35.9 Å². The van der Waals surface area contributed by atoms with Crippen LogP contribution in [0.15, 0.2) is 30.3 Å². The van der Waals surface area contributed by atoms with E-state index in [1.165, 1.54) is 7.11 Å². The fraction of sp³-hybridized carbons (Fsp3) is 0.583. The highest BCUT2D eigenvalue weighted by Crippen LogP contribution is 2.13. The number of carbonyl (C=O) groups excluding carboxylic acids is 2. The van der Waals surface area contributed by atoms with Crippen molar-refractivity contribution in [1.82, 2.24) is 16.0 Å². The van der Waals surface area contributed by atoms with Crippen LogP contribution in [0.4, 0.5) is 4.79 Å². The Kier molecular flexibility index (Phi) is 12.9. The van der Waals surface area contributed by atoms with Crippen molar-refractivity contribution >= 4 is 46.5 Å². The number of rotatable bonds is 12. The average molecular weight is 496 g/mol. The third kappa shape index (κ3) is 10.5. The Hall–Kier alpha value is -2.26. The molecule has 4 atom stereocenters. The number of methoxy groups -OCH3 is 1. The zero-order valence-electron chi connectivity index (χ0n) is 20.3. The van der Waals surface area contributed by atoms with Crippen molar-refractivity contribution in [2.24, 2.45) is 11.8 Å². The van der Waals surface area contributed by atoms with E-state index in [4.69, 9.17) is 33.9 Å². The van der Waals surface area contributed by atoms with Crippen molar-refractivity contribution < 1.29 is 19.1 Å². The zero-order valence-corrected chi connectivity index (χ0v) is 22.0. The fourth-order valence-corrected chi connectivity index (χ4v) is 3.70. The highest BCUT2D eigenvalue weighted by molar-refractivity contribution is 7.81. The summed E-state index contributed by atoms with van der Waals surface area (Å²) >= 11 is 11.2. The number of esters is 1. The molecular formula is C24H37N3O4S2. The largest absolute Gasteiger partial charge is 0.467 e. The lowest BCUT2D eigenvalue weighted by Crippen LogP contribution is -2.56. The molecule has 0 spiro atoms. The van der Waals surface area contributed by atoms with Crippen molar-refractivity contribution in [2.75, 3.05) is 7.11 Å². The van der Waals surface area contributed by atoms with E-state index in [1.807, 2.05) is 44.2 Å². The molecule has 33 heavy (non-hydrogen) atoms. The van der Waals surface area contributed by atoms with E-state index >= 15 is 0 Å². The van der Waals surface area contributed by atoms with Crippen LogP contribution >= 0.6 is 24.4 Å². The maximum Gasteiger partial charge on any atom is 0.408 e. The number of ether oxygens (including phenoxy) is 2. The molecule has 3 N–H and O–H groups in total. The molecule has 0 saturated heterocycles. The summed E-state index contributed by atoms with van der Waals surface area (Å²) in [5.74, 6) is 0.0665. The first-order valence-corrected chi connectivity index (χ1v) is 12.1. The molecule has 1 amide bonds. The summed E-state index contributed by atoms with van der Waals surface area (Å²) in [6.45, 7) is 10.1. The van der Waals surface area contributed by atoms with Gasteiger partial charge in [-0.3, -0.25) is 0 Å². The van der Waals surface area contributed by atoms with Crippen LogP contribution in [0.1, 0.15) is 53.0 Å². The van der Waals surface area contributed by atoms with Crippen LogP contribution in [0, 0.1) is 11.8 Å². The zero-order chi connectivity index (χ0) is 25.0. The van der Waals surface area contributed by atoms with E-state index in [0.717, 1.165) is 12.0 Å². The number of nitrogens with one attached hydrogen (secondary N) is 3. The summed E-state index contributed by atoms with van der Waals surface area (Å²) < 4.78 is 10.2. The molecule has 0 heterocycles. The molecule has 0 aromatic heterocycles. The van der Waals surface area contributed by atoms with Crippen LogP contribution in [0.2, 0.25) is 0 Å². The summed E-state index contributed by atoms with van der Waals surface area (Å²) in [5.41, 5.74) is 0.899. The summed E-state index contributed by atoms with van der Waals surface area (Å²) in [7, 11) is 1.37. The lowest BCUT2D eigenvalue weighted by Gasteiger charge is -2.30. The van der Waals surface area contributed by atoms with Gasteiger partial charge in [-0.2, -0.15) is 0 Å². The molecule has 0 saturated carbocycles. The third-order valence-electron chi connectivity index (χ3n) is 5.24. The van der Waals surface area contributed by atoms with Gasteiger partial charge in [0.25, 0.3) is 0 Å². The highest BCUT2D eigenvalue weighted by Gasteiger charge is 2.28. The molecule has 7 nitrogen and oxygen atoms in total. The molecule has 0 fully saturated rings. The van der Waals surface area contributed by atoms with Gasteiger partial charge in [-0.25, -0.2) is 9.59 Å². The SMILES string of the molecule is CCC(C)[C@H](NC(=S)[C@H](C)NC(=O)OCc1ccccc1)C(=S)N[C@@H](CC(C)C)C(=O)OC. The molecule has 0 aliphatic heterocycles. The molecule has 1 aromatic carbocycles. The number of hydrogen-bond acceptors (Lipinski definition) is 6. The summed E-state index contributed by atoms with van der Waals surface area (Å²) in [6, 6.07) is 8.13. The van der Waals surface area contributed by atoms with Crippen LogP contribution in [-0.4, -0.2) is 47.3 Å². The van der Waals surface area contributed by atoms with Gasteiger partial charge in [-0.1, -0.05) is 88.9 Å². The second kappa shape index (κ2) is 14.8. The average Bonchev–Trinajstić information content (AvgIpc) is 2.79. The van der Waals surface area contributed by atoms with Gasteiger partial charge in [0.2, 0.25) is 0 Å². The van der Waals surface area contributed by atoms with E-state index in [2.05, 4.69) is 29.8 Å². The predicted molar refractivity (Wildman–Crippen MR) is 139 cm³/mol. The quantitative estimate of drug-likeness (QED) is 0.295. The maximum absolute atomic E-state index is 12.2. The molecule has 9 heteroatoms. The Bertz CT molecular complexity index is 789. The molecule has 0 bridgehead atoms. The predicted octanol–water partition coefficient (Wildman–Crippen LogP) is 4.14. The fourth-order valence-electron chi connectivity index (χ4n) is 3.08. The Labute approximate surface area is 208 Å². The molecule has 184 valence electrons. The Morgan fingerprint density at radius 3 is 2.15 bits per heavy atom. The summed E-state index contributed by atoms with van der Waals surface area (Å²) in [5, 5.41) is 9.17. The van der Waals surface area contributed by atoms with E-state index in [-0.39, 0.29) is 30.5 Å². The van der Waals surface area contributed by atoms with Gasteiger partial charge in [0, 0.05) is 0 Å². The number of alkyl carbamates (subject to hydrolysis) is 1.